The van der Waals surface area contributed by atoms with E-state index in [2.05, 4.69) is 27.5 Å². The molecule has 0 saturated heterocycles. The Morgan fingerprint density at radius 1 is 1.42 bits per heavy atom. The molecule has 6 heteroatoms. The van der Waals surface area contributed by atoms with Gasteiger partial charge in [-0.15, -0.1) is 11.3 Å². The highest BCUT2D eigenvalue weighted by Crippen LogP contribution is 2.27. The lowest BCUT2D eigenvalue weighted by atomic mass is 10.3. The minimum Gasteiger partial charge on any atom is -0.476 e. The van der Waals surface area contributed by atoms with Crippen molar-refractivity contribution in [2.75, 3.05) is 30.8 Å². The summed E-state index contributed by atoms with van der Waals surface area (Å²) in [7, 11) is 1.97. The van der Waals surface area contributed by atoms with E-state index >= 15 is 0 Å². The van der Waals surface area contributed by atoms with Crippen molar-refractivity contribution in [3.05, 3.63) is 28.7 Å². The summed E-state index contributed by atoms with van der Waals surface area (Å²) in [4.78, 5) is 11.7. The van der Waals surface area contributed by atoms with Gasteiger partial charge in [-0.1, -0.05) is 6.07 Å². The normalized spacial score (nSPS) is 10.4. The molecule has 0 unspecified atom stereocenters. The fraction of sp³-hybridized carbons (Fsp3) is 0.385. The molecular weight excluding hydrogens is 260 g/mol. The first-order chi connectivity index (χ1) is 9.22. The van der Waals surface area contributed by atoms with Gasteiger partial charge in [0.2, 0.25) is 5.88 Å². The molecule has 102 valence electrons. The minimum atomic E-state index is 0.454. The van der Waals surface area contributed by atoms with Crippen LogP contribution in [0.1, 0.15) is 11.8 Å². The van der Waals surface area contributed by atoms with Crippen molar-refractivity contribution in [2.24, 2.45) is 0 Å². The molecule has 0 aliphatic carbocycles. The second-order valence-corrected chi connectivity index (χ2v) is 5.13. The molecule has 0 radical (unpaired) electrons. The van der Waals surface area contributed by atoms with Crippen LogP contribution in [0.2, 0.25) is 0 Å². The standard InChI is InChI=1S/C13H18N4OS/c1-3-18-13-11(14)12(15-9-16-13)17(2)7-6-10-5-4-8-19-10/h4-5,8-9H,3,6-7,14H2,1-2H3. The minimum absolute atomic E-state index is 0.454. The van der Waals surface area contributed by atoms with Crippen molar-refractivity contribution >= 4 is 22.8 Å². The van der Waals surface area contributed by atoms with E-state index in [0.717, 1.165) is 18.8 Å². The lowest BCUT2D eigenvalue weighted by Crippen LogP contribution is -2.23. The van der Waals surface area contributed by atoms with Crippen molar-refractivity contribution in [3.8, 4) is 5.88 Å². The summed E-state index contributed by atoms with van der Waals surface area (Å²) in [5.74, 6) is 1.17. The number of hydrogen-bond acceptors (Lipinski definition) is 6. The zero-order valence-electron chi connectivity index (χ0n) is 11.2. The van der Waals surface area contributed by atoms with E-state index in [9.17, 15) is 0 Å². The zero-order chi connectivity index (χ0) is 13.7. The van der Waals surface area contributed by atoms with E-state index in [-0.39, 0.29) is 0 Å². The largest absolute Gasteiger partial charge is 0.476 e. The molecule has 0 fully saturated rings. The predicted molar refractivity (Wildman–Crippen MR) is 78.9 cm³/mol. The SMILES string of the molecule is CCOc1ncnc(N(C)CCc2cccs2)c1N. The molecule has 0 aliphatic heterocycles. The van der Waals surface area contributed by atoms with E-state index in [1.165, 1.54) is 11.2 Å². The lowest BCUT2D eigenvalue weighted by molar-refractivity contribution is 0.328. The van der Waals surface area contributed by atoms with Crippen LogP contribution in [0.4, 0.5) is 11.5 Å². The summed E-state index contributed by atoms with van der Waals surface area (Å²) >= 11 is 1.76. The van der Waals surface area contributed by atoms with Crippen LogP contribution in [-0.2, 0) is 6.42 Å². The Bertz CT molecular complexity index is 515. The van der Waals surface area contributed by atoms with E-state index < -0.39 is 0 Å². The molecule has 0 aliphatic rings. The molecule has 0 amide bonds. The first-order valence-electron chi connectivity index (χ1n) is 6.19. The van der Waals surface area contributed by atoms with Crippen LogP contribution >= 0.6 is 11.3 Å². The molecule has 2 heterocycles. The maximum atomic E-state index is 6.03. The number of hydrogen-bond donors (Lipinski definition) is 1. The summed E-state index contributed by atoms with van der Waals surface area (Å²) in [5, 5.41) is 2.08. The maximum Gasteiger partial charge on any atom is 0.242 e. The van der Waals surface area contributed by atoms with Gasteiger partial charge >= 0.3 is 0 Å². The van der Waals surface area contributed by atoms with Crippen LogP contribution in [0.3, 0.4) is 0 Å². The fourth-order valence-electron chi connectivity index (χ4n) is 1.77. The van der Waals surface area contributed by atoms with Crippen molar-refractivity contribution in [1.29, 1.82) is 0 Å². The van der Waals surface area contributed by atoms with Gasteiger partial charge in [0.05, 0.1) is 6.61 Å². The monoisotopic (exact) mass is 278 g/mol. The summed E-state index contributed by atoms with van der Waals surface area (Å²) in [6, 6.07) is 4.19. The number of nitrogens with zero attached hydrogens (tertiary/aromatic N) is 3. The molecule has 0 atom stereocenters. The van der Waals surface area contributed by atoms with Crippen LogP contribution in [0.5, 0.6) is 5.88 Å². The number of ether oxygens (including phenoxy) is 1. The number of nitrogens with two attached hydrogens (primary N) is 1. The highest BCUT2D eigenvalue weighted by atomic mass is 32.1. The maximum absolute atomic E-state index is 6.03. The van der Waals surface area contributed by atoms with Gasteiger partial charge in [0, 0.05) is 18.5 Å². The smallest absolute Gasteiger partial charge is 0.242 e. The van der Waals surface area contributed by atoms with Crippen molar-refractivity contribution < 1.29 is 4.74 Å². The van der Waals surface area contributed by atoms with Gasteiger partial charge < -0.3 is 15.4 Å². The van der Waals surface area contributed by atoms with E-state index in [1.807, 2.05) is 18.9 Å². The third-order valence-corrected chi connectivity index (χ3v) is 3.68. The van der Waals surface area contributed by atoms with Crippen LogP contribution in [0.15, 0.2) is 23.8 Å². The molecule has 5 nitrogen and oxygen atoms in total. The Balaban J connectivity index is 2.06. The quantitative estimate of drug-likeness (QED) is 0.877. The molecule has 2 aromatic heterocycles. The van der Waals surface area contributed by atoms with Crippen LogP contribution < -0.4 is 15.4 Å². The van der Waals surface area contributed by atoms with Gasteiger partial charge in [-0.05, 0) is 24.8 Å². The van der Waals surface area contributed by atoms with Gasteiger partial charge in [-0.2, -0.15) is 4.98 Å². The van der Waals surface area contributed by atoms with Gasteiger partial charge in [0.25, 0.3) is 0 Å². The first-order valence-corrected chi connectivity index (χ1v) is 7.07. The van der Waals surface area contributed by atoms with Gasteiger partial charge in [0.1, 0.15) is 12.0 Å². The number of likely N-dealkylation sites (N-methyl/N-ethyl adjacent to an activating group) is 1. The fourth-order valence-corrected chi connectivity index (χ4v) is 2.46. The Kier molecular flexibility index (Phi) is 4.57. The van der Waals surface area contributed by atoms with Crippen LogP contribution in [-0.4, -0.2) is 30.2 Å². The number of thiophene rings is 1. The molecule has 2 rings (SSSR count). The van der Waals surface area contributed by atoms with E-state index in [1.54, 1.807) is 11.3 Å². The first kappa shape index (κ1) is 13.6. The Labute approximate surface area is 117 Å². The molecule has 2 aromatic rings. The van der Waals surface area contributed by atoms with E-state index in [4.69, 9.17) is 10.5 Å². The summed E-state index contributed by atoms with van der Waals surface area (Å²) < 4.78 is 5.38. The number of nitrogen functional groups attached to an aromatic ring is 1. The van der Waals surface area contributed by atoms with Gasteiger partial charge in [-0.25, -0.2) is 4.98 Å². The topological polar surface area (TPSA) is 64.3 Å². The van der Waals surface area contributed by atoms with Crippen LogP contribution in [0.25, 0.3) is 0 Å². The zero-order valence-corrected chi connectivity index (χ0v) is 12.0. The van der Waals surface area contributed by atoms with Gasteiger partial charge in [-0.3, -0.25) is 0 Å². The number of rotatable bonds is 6. The van der Waals surface area contributed by atoms with E-state index in [0.29, 0.717) is 18.2 Å². The Hall–Kier alpha value is -1.82. The molecular formula is C13H18N4OS. The molecule has 2 N–H and O–H groups in total. The van der Waals surface area contributed by atoms with Crippen molar-refractivity contribution in [1.82, 2.24) is 9.97 Å². The third kappa shape index (κ3) is 3.35. The third-order valence-electron chi connectivity index (χ3n) is 2.74. The second-order valence-electron chi connectivity index (χ2n) is 4.10. The average Bonchev–Trinajstić information content (AvgIpc) is 2.92. The molecule has 0 bridgehead atoms. The highest BCUT2D eigenvalue weighted by Gasteiger charge is 2.12. The van der Waals surface area contributed by atoms with Crippen molar-refractivity contribution in [3.63, 3.8) is 0 Å². The lowest BCUT2D eigenvalue weighted by Gasteiger charge is -2.20. The Morgan fingerprint density at radius 3 is 2.95 bits per heavy atom. The summed E-state index contributed by atoms with van der Waals surface area (Å²) in [6.07, 6.45) is 2.46. The molecule has 0 spiro atoms. The molecule has 0 saturated carbocycles. The number of aromatic nitrogens is 2. The summed E-state index contributed by atoms with van der Waals surface area (Å²) in [6.45, 7) is 3.30. The van der Waals surface area contributed by atoms with Gasteiger partial charge in [0.15, 0.2) is 5.82 Å². The average molecular weight is 278 g/mol. The second kappa shape index (κ2) is 6.38. The van der Waals surface area contributed by atoms with Crippen LogP contribution in [0, 0.1) is 0 Å². The highest BCUT2D eigenvalue weighted by molar-refractivity contribution is 7.09. The Morgan fingerprint density at radius 2 is 2.26 bits per heavy atom. The molecule has 0 aromatic carbocycles. The molecule has 19 heavy (non-hydrogen) atoms. The number of anilines is 2. The predicted octanol–water partition coefficient (Wildman–Crippen LogP) is 2.20. The van der Waals surface area contributed by atoms with Crippen molar-refractivity contribution in [2.45, 2.75) is 13.3 Å². The summed E-state index contributed by atoms with van der Waals surface area (Å²) in [5.41, 5.74) is 6.53.